The van der Waals surface area contributed by atoms with Crippen LogP contribution >= 0.6 is 0 Å². The summed E-state index contributed by atoms with van der Waals surface area (Å²) in [6.45, 7) is 6.14. The van der Waals surface area contributed by atoms with Crippen LogP contribution in [0.5, 0.6) is 0 Å². The van der Waals surface area contributed by atoms with E-state index in [4.69, 9.17) is 0 Å². The molecule has 41 nitrogen and oxygen atoms in total. The molecule has 0 bridgehead atoms. The monoisotopic (exact) mass is 1530 g/mol. The number of nitrogens with zero attached hydrogens (tertiary/aromatic N) is 12. The van der Waals surface area contributed by atoms with E-state index in [9.17, 15) is 114 Å². The lowest BCUT2D eigenvalue weighted by molar-refractivity contribution is 0.0657. The van der Waals surface area contributed by atoms with Crippen molar-refractivity contribution in [1.82, 2.24) is 89.3 Å². The summed E-state index contributed by atoms with van der Waals surface area (Å²) in [5.74, 6) is -5.05. The maximum absolute atomic E-state index is 13.5. The zero-order valence-corrected chi connectivity index (χ0v) is 58.8. The van der Waals surface area contributed by atoms with Crippen molar-refractivity contribution in [2.75, 3.05) is 105 Å². The molecule has 8 heterocycles. The van der Waals surface area contributed by atoms with Crippen molar-refractivity contribution in [2.24, 2.45) is 0 Å². The van der Waals surface area contributed by atoms with Gasteiger partial charge in [-0.25, -0.2) is 0 Å². The molecule has 0 fully saturated rings. The summed E-state index contributed by atoms with van der Waals surface area (Å²) in [6, 6.07) is 29.6. The number of nitrogens with one attached hydrogen (secondary N) is 6. The molecule has 0 aliphatic heterocycles. The van der Waals surface area contributed by atoms with Crippen molar-refractivity contribution in [2.45, 2.75) is 25.7 Å². The van der Waals surface area contributed by atoms with Crippen LogP contribution in [-0.2, 0) is 0 Å². The lowest BCUT2D eigenvalue weighted by Gasteiger charge is -2.28. The van der Waals surface area contributed by atoms with Crippen LogP contribution in [-0.4, -0.2) is 245 Å². The normalized spacial score (nSPS) is 10.9. The topological polar surface area (TPSA) is 542 Å². The van der Waals surface area contributed by atoms with E-state index in [1.165, 1.54) is 113 Å². The standard InChI is InChI=1S/C35H42N10O11.C34H38N8O12/c1-24(25-6-2-10-29(46)42(25)53)36-14-18-40(19-15-37-33(50)26-7-3-11-30(47)43(26)54)22-23-41(20-16-38-34(51)27-8-4-12-31(48)44(27)55)21-17-39-35(52)28-9-5-13-32(49)45(28)56;43-27-13-3-9-23(39(27)51)31(47)35-17-7-21-37(33(49)25-11-5-15-29(45)41(25)53)19-1-2-20-38(34(50)26-12-6-16-30(46)42(26)54)22-8-18-36-32(48)24-10-4-14-28(44)40(24)52/h2-13,36,53-56H,1,14-23H2,(H,37,50)(H,38,51)(H,39,52);3-6,9-16,51-54H,1-2,7-8,17-22H2,(H,35,47)(H,36,48). The fraction of sp³-hybridized carbons (Fsp3) is 0.290. The molecule has 7 amide bonds. The molecule has 0 aromatic carbocycles. The van der Waals surface area contributed by atoms with E-state index in [1.807, 2.05) is 9.80 Å². The third-order valence-corrected chi connectivity index (χ3v) is 16.5. The number of carbonyl (C=O) groups is 7. The van der Waals surface area contributed by atoms with E-state index in [0.717, 1.165) is 42.5 Å². The molecule has 0 unspecified atom stereocenters. The van der Waals surface area contributed by atoms with Crippen LogP contribution in [0.3, 0.4) is 0 Å². The van der Waals surface area contributed by atoms with E-state index >= 15 is 0 Å². The van der Waals surface area contributed by atoms with Crippen molar-refractivity contribution in [3.05, 3.63) is 281 Å². The van der Waals surface area contributed by atoms with Crippen LogP contribution in [0, 0.1) is 0 Å². The third kappa shape index (κ3) is 22.9. The Bertz CT molecular complexity index is 4690. The highest BCUT2D eigenvalue weighted by Gasteiger charge is 2.25. The second-order valence-corrected chi connectivity index (χ2v) is 23.9. The Balaban J connectivity index is 0.000000306. The van der Waals surface area contributed by atoms with Crippen molar-refractivity contribution in [1.29, 1.82) is 0 Å². The summed E-state index contributed by atoms with van der Waals surface area (Å²) in [7, 11) is 0. The fourth-order valence-corrected chi connectivity index (χ4v) is 10.6. The first kappa shape index (κ1) is 83.0. The average Bonchev–Trinajstić information content (AvgIpc) is 0.849. The number of hydrogen-bond donors (Lipinski definition) is 14. The van der Waals surface area contributed by atoms with Gasteiger partial charge in [-0.3, -0.25) is 81.7 Å². The second-order valence-electron chi connectivity index (χ2n) is 23.9. The number of hydrogen-bond acceptors (Lipinski definition) is 26. The van der Waals surface area contributed by atoms with Crippen LogP contribution < -0.4 is 76.4 Å². The molecule has 0 saturated heterocycles. The fourth-order valence-electron chi connectivity index (χ4n) is 10.6. The quantitative estimate of drug-likeness (QED) is 0.0136. The zero-order valence-electron chi connectivity index (χ0n) is 58.8. The molecule has 8 rings (SSSR count). The Morgan fingerprint density at radius 3 is 0.718 bits per heavy atom. The predicted octanol–water partition coefficient (Wildman–Crippen LogP) is -2.98. The number of unbranched alkanes of at least 4 members (excludes halogenated alkanes) is 1. The molecule has 0 saturated carbocycles. The summed E-state index contributed by atoms with van der Waals surface area (Å²) < 4.78 is 1.94. The molecule has 0 aliphatic rings. The maximum Gasteiger partial charge on any atom is 0.283 e. The van der Waals surface area contributed by atoms with Gasteiger partial charge in [0.1, 0.15) is 45.6 Å². The van der Waals surface area contributed by atoms with Gasteiger partial charge in [0, 0.05) is 153 Å². The lowest BCUT2D eigenvalue weighted by atomic mass is 10.2. The highest BCUT2D eigenvalue weighted by molar-refractivity contribution is 5.95. The smallest absolute Gasteiger partial charge is 0.283 e. The predicted molar refractivity (Wildman–Crippen MR) is 385 cm³/mol. The molecule has 0 radical (unpaired) electrons. The molecule has 584 valence electrons. The Morgan fingerprint density at radius 2 is 0.455 bits per heavy atom. The maximum atomic E-state index is 13.5. The van der Waals surface area contributed by atoms with Crippen molar-refractivity contribution < 1.29 is 75.2 Å². The molecule has 8 aromatic rings. The Morgan fingerprint density at radius 1 is 0.255 bits per heavy atom. The van der Waals surface area contributed by atoms with Crippen LogP contribution in [0.2, 0.25) is 0 Å². The first-order valence-electron chi connectivity index (χ1n) is 33.8. The van der Waals surface area contributed by atoms with Gasteiger partial charge in [0.05, 0.1) is 5.70 Å². The van der Waals surface area contributed by atoms with E-state index in [1.54, 1.807) is 0 Å². The summed E-state index contributed by atoms with van der Waals surface area (Å²) in [4.78, 5) is 191. The minimum atomic E-state index is -0.839. The summed E-state index contributed by atoms with van der Waals surface area (Å²) >= 11 is 0. The van der Waals surface area contributed by atoms with Gasteiger partial charge in [0.2, 0.25) is 0 Å². The van der Waals surface area contributed by atoms with E-state index in [0.29, 0.717) is 24.4 Å². The van der Waals surface area contributed by atoms with Gasteiger partial charge in [-0.15, -0.1) is 37.8 Å². The van der Waals surface area contributed by atoms with E-state index in [2.05, 4.69) is 38.5 Å². The first-order chi connectivity index (χ1) is 52.6. The second kappa shape index (κ2) is 40.3. The summed E-state index contributed by atoms with van der Waals surface area (Å²) in [5.41, 5.74) is -7.96. The molecule has 0 aliphatic carbocycles. The van der Waals surface area contributed by atoms with Crippen molar-refractivity contribution in [3.63, 3.8) is 0 Å². The molecule has 0 spiro atoms. The largest absolute Gasteiger partial charge is 0.425 e. The molecular weight excluding hydrogens is 1450 g/mol. The highest BCUT2D eigenvalue weighted by Crippen LogP contribution is 2.11. The number of aromatic nitrogens is 8. The van der Waals surface area contributed by atoms with Crippen molar-refractivity contribution >= 4 is 47.0 Å². The van der Waals surface area contributed by atoms with E-state index in [-0.39, 0.29) is 195 Å². The molecule has 110 heavy (non-hydrogen) atoms. The van der Waals surface area contributed by atoms with Gasteiger partial charge >= 0.3 is 0 Å². The van der Waals surface area contributed by atoms with Gasteiger partial charge in [-0.1, -0.05) is 55.1 Å². The molecule has 0 atom stereocenters. The van der Waals surface area contributed by atoms with Gasteiger partial charge in [-0.2, -0.15) is 0 Å². The first-order valence-corrected chi connectivity index (χ1v) is 33.8. The van der Waals surface area contributed by atoms with Crippen LogP contribution in [0.25, 0.3) is 5.70 Å². The van der Waals surface area contributed by atoms with Gasteiger partial charge in [-0.05, 0) is 74.2 Å². The Labute approximate surface area is 620 Å². The zero-order chi connectivity index (χ0) is 80.1. The highest BCUT2D eigenvalue weighted by atomic mass is 16.5. The minimum Gasteiger partial charge on any atom is -0.425 e. The molecule has 14 N–H and O–H groups in total. The molecule has 41 heteroatoms. The van der Waals surface area contributed by atoms with E-state index < -0.39 is 85.8 Å². The van der Waals surface area contributed by atoms with Gasteiger partial charge in [0.25, 0.3) is 85.8 Å². The van der Waals surface area contributed by atoms with Gasteiger partial charge < -0.3 is 83.4 Å². The average molecular weight is 1530 g/mol. The van der Waals surface area contributed by atoms with Crippen LogP contribution in [0.15, 0.2) is 191 Å². The summed E-state index contributed by atoms with van der Waals surface area (Å²) in [6.07, 6.45) is 0.891. The number of amides is 7. The lowest BCUT2D eigenvalue weighted by Crippen LogP contribution is -2.46. The van der Waals surface area contributed by atoms with Crippen molar-refractivity contribution in [3.8, 4) is 0 Å². The number of rotatable bonds is 37. The Hall–Kier alpha value is -14.3. The minimum absolute atomic E-state index is 0.00576. The molecule has 8 aromatic heterocycles. The summed E-state index contributed by atoms with van der Waals surface area (Å²) in [5, 5.41) is 96.2. The van der Waals surface area contributed by atoms with Crippen LogP contribution in [0.4, 0.5) is 0 Å². The number of carbonyl (C=O) groups excluding carboxylic acids is 7. The Kier molecular flexibility index (Phi) is 30.4. The third-order valence-electron chi connectivity index (χ3n) is 16.5. The van der Waals surface area contributed by atoms with Crippen LogP contribution in [0.1, 0.15) is 105 Å². The molecular formula is C69H80N18O23. The number of pyridine rings is 8. The SMILES string of the molecule is C=C(NCCN(CCNC(=O)c1cccc(=O)n1O)CCN(CCNC(=O)c1cccc(=O)n1O)CCNC(=O)c1cccc(=O)n1O)c1cccc(=O)n1O.O=C(NCCCN(CCCCN(CCCNC(=O)c1cccc(=O)n1O)C(=O)c1cccc(=O)n1O)C(=O)c1cccc(=O)n1O)c1cccc(=O)n1O. The van der Waals surface area contributed by atoms with Gasteiger partial charge in [0.15, 0.2) is 0 Å².